The van der Waals surface area contributed by atoms with Crippen molar-refractivity contribution >= 4 is 46.3 Å². The summed E-state index contributed by atoms with van der Waals surface area (Å²) >= 11 is 6.33. The zero-order valence-corrected chi connectivity index (χ0v) is 26.7. The number of hydrogen-bond acceptors (Lipinski definition) is 13. The summed E-state index contributed by atoms with van der Waals surface area (Å²) in [4.78, 5) is 46.6. The highest BCUT2D eigenvalue weighted by Gasteiger charge is 2.41. The van der Waals surface area contributed by atoms with Crippen LogP contribution in [0.4, 0.5) is 5.82 Å². The minimum atomic E-state index is -0.714. The number of terminal acetylenes is 1. The Bertz CT molecular complexity index is 1360. The van der Waals surface area contributed by atoms with Crippen molar-refractivity contribution < 1.29 is 47.5 Å². The molecule has 16 heteroatoms. The number of nitrogens with zero attached hydrogens (tertiary/aromatic N) is 4. The summed E-state index contributed by atoms with van der Waals surface area (Å²) in [7, 11) is 0. The number of amides is 1. The van der Waals surface area contributed by atoms with E-state index in [-0.39, 0.29) is 30.3 Å². The summed E-state index contributed by atoms with van der Waals surface area (Å²) in [5.41, 5.74) is 0.484. The fourth-order valence-electron chi connectivity index (χ4n) is 5.03. The lowest BCUT2D eigenvalue weighted by molar-refractivity contribution is -0.152. The molecule has 4 rings (SSSR count). The Morgan fingerprint density at radius 2 is 1.70 bits per heavy atom. The van der Waals surface area contributed by atoms with E-state index in [0.29, 0.717) is 89.2 Å². The first-order valence-electron chi connectivity index (χ1n) is 15.0. The molecule has 2 aliphatic heterocycles. The zero-order chi connectivity index (χ0) is 32.9. The summed E-state index contributed by atoms with van der Waals surface area (Å²) in [6, 6.07) is 1.83. The van der Waals surface area contributed by atoms with Gasteiger partial charge in [-0.1, -0.05) is 5.92 Å². The van der Waals surface area contributed by atoms with Gasteiger partial charge in [-0.25, -0.2) is 0 Å². The molecular formula is C30H40ClN5O10. The highest BCUT2D eigenvalue weighted by molar-refractivity contribution is 6.28. The van der Waals surface area contributed by atoms with Gasteiger partial charge in [0.2, 0.25) is 11.2 Å². The van der Waals surface area contributed by atoms with Crippen LogP contribution in [0.25, 0.3) is 11.0 Å². The van der Waals surface area contributed by atoms with E-state index >= 15 is 0 Å². The van der Waals surface area contributed by atoms with Gasteiger partial charge in [-0.3, -0.25) is 14.4 Å². The summed E-state index contributed by atoms with van der Waals surface area (Å²) in [6.07, 6.45) is 5.38. The topological polar surface area (TPSA) is 162 Å². The Morgan fingerprint density at radius 1 is 1.02 bits per heavy atom. The van der Waals surface area contributed by atoms with Crippen LogP contribution in [0.1, 0.15) is 26.5 Å². The molecule has 46 heavy (non-hydrogen) atoms. The standard InChI is InChI=1S/C30H40ClN5O10/c1-4-8-40-10-12-42-14-15-43-13-11-41-9-6-32-28(39)22-17-35(18-22)26-24-5-7-36(27(24)34-30(31)33-26)29-25(45-21(3)38)16-23(46-29)19-44-20(2)37/h1,5,7,22-23,25,29H,6,8-19H2,2-3H3,(H,32,39)/t23-,25+,29+/m0/s1. The number of halogens is 1. The van der Waals surface area contributed by atoms with Crippen molar-refractivity contribution in [1.82, 2.24) is 19.9 Å². The lowest BCUT2D eigenvalue weighted by Crippen LogP contribution is -2.54. The molecule has 0 spiro atoms. The molecule has 3 atom stereocenters. The number of carbonyl (C=O) groups is 3. The highest BCUT2D eigenvalue weighted by atomic mass is 35.5. The quantitative estimate of drug-likeness (QED) is 0.0984. The van der Waals surface area contributed by atoms with Crippen molar-refractivity contribution in [2.24, 2.45) is 5.92 Å². The van der Waals surface area contributed by atoms with Crippen LogP contribution in [-0.2, 0) is 47.5 Å². The predicted octanol–water partition coefficient (Wildman–Crippen LogP) is 1.12. The molecule has 252 valence electrons. The maximum absolute atomic E-state index is 12.7. The Morgan fingerprint density at radius 3 is 2.35 bits per heavy atom. The average Bonchev–Trinajstić information content (AvgIpc) is 3.58. The largest absolute Gasteiger partial charge is 0.463 e. The number of hydrogen-bond donors (Lipinski definition) is 1. The zero-order valence-electron chi connectivity index (χ0n) is 26.0. The van der Waals surface area contributed by atoms with E-state index in [2.05, 4.69) is 21.2 Å². The van der Waals surface area contributed by atoms with E-state index in [1.807, 2.05) is 11.0 Å². The van der Waals surface area contributed by atoms with Crippen LogP contribution in [0, 0.1) is 18.3 Å². The van der Waals surface area contributed by atoms with Crippen LogP contribution >= 0.6 is 11.6 Å². The Balaban J connectivity index is 1.20. The van der Waals surface area contributed by atoms with Crippen LogP contribution in [0.3, 0.4) is 0 Å². The average molecular weight is 666 g/mol. The maximum Gasteiger partial charge on any atom is 0.303 e. The second-order valence-corrected chi connectivity index (χ2v) is 10.9. The molecule has 4 heterocycles. The molecule has 2 fully saturated rings. The van der Waals surface area contributed by atoms with Crippen LogP contribution < -0.4 is 10.2 Å². The van der Waals surface area contributed by atoms with Gasteiger partial charge in [-0.2, -0.15) is 9.97 Å². The molecule has 0 unspecified atom stereocenters. The third kappa shape index (κ3) is 10.2. The first-order valence-corrected chi connectivity index (χ1v) is 15.4. The van der Waals surface area contributed by atoms with Crippen LogP contribution in [0.2, 0.25) is 5.28 Å². The van der Waals surface area contributed by atoms with Gasteiger partial charge in [0.05, 0.1) is 63.7 Å². The van der Waals surface area contributed by atoms with E-state index in [1.54, 1.807) is 10.8 Å². The van der Waals surface area contributed by atoms with Crippen molar-refractivity contribution in [3.63, 3.8) is 0 Å². The fraction of sp³-hybridized carbons (Fsp3) is 0.633. The second kappa shape index (κ2) is 18.0. The maximum atomic E-state index is 12.7. The van der Waals surface area contributed by atoms with Gasteiger partial charge in [0.25, 0.3) is 0 Å². The molecule has 0 saturated carbocycles. The molecule has 0 aliphatic carbocycles. The second-order valence-electron chi connectivity index (χ2n) is 10.6. The summed E-state index contributed by atoms with van der Waals surface area (Å²) in [6.45, 7) is 7.23. The van der Waals surface area contributed by atoms with Gasteiger partial charge in [-0.15, -0.1) is 6.42 Å². The lowest BCUT2D eigenvalue weighted by Gasteiger charge is -2.39. The Labute approximate surface area is 272 Å². The van der Waals surface area contributed by atoms with Gasteiger partial charge in [-0.05, 0) is 17.7 Å². The van der Waals surface area contributed by atoms with Gasteiger partial charge in [0.15, 0.2) is 6.23 Å². The Kier molecular flexibility index (Phi) is 13.8. The smallest absolute Gasteiger partial charge is 0.303 e. The number of ether oxygens (including phenoxy) is 7. The van der Waals surface area contributed by atoms with Gasteiger partial charge >= 0.3 is 11.9 Å². The van der Waals surface area contributed by atoms with Crippen LogP contribution in [0.15, 0.2) is 12.3 Å². The SMILES string of the molecule is C#CCOCCOCCOCCOCCNC(=O)C1CN(c2nc(Cl)nc3c2ccn3[C@@H]2O[C@H](COC(C)=O)C[C@H]2OC(C)=O)C1. The van der Waals surface area contributed by atoms with E-state index in [4.69, 9.17) is 51.2 Å². The van der Waals surface area contributed by atoms with E-state index < -0.39 is 30.4 Å². The van der Waals surface area contributed by atoms with E-state index in [0.717, 1.165) is 0 Å². The van der Waals surface area contributed by atoms with E-state index in [9.17, 15) is 14.4 Å². The molecule has 2 aromatic heterocycles. The highest BCUT2D eigenvalue weighted by Crippen LogP contribution is 2.37. The van der Waals surface area contributed by atoms with Gasteiger partial charge in [0.1, 0.15) is 30.8 Å². The third-order valence-corrected chi connectivity index (χ3v) is 7.30. The number of esters is 2. The van der Waals surface area contributed by atoms with Crippen molar-refractivity contribution in [1.29, 1.82) is 0 Å². The van der Waals surface area contributed by atoms with Gasteiger partial charge < -0.3 is 47.9 Å². The van der Waals surface area contributed by atoms with Gasteiger partial charge in [0, 0.05) is 46.1 Å². The minimum Gasteiger partial charge on any atom is -0.463 e. The molecule has 0 bridgehead atoms. The van der Waals surface area contributed by atoms with Crippen molar-refractivity contribution in [3.8, 4) is 12.3 Å². The van der Waals surface area contributed by atoms with Crippen LogP contribution in [0.5, 0.6) is 0 Å². The molecule has 2 saturated heterocycles. The van der Waals surface area contributed by atoms with Crippen molar-refractivity contribution in [3.05, 3.63) is 17.5 Å². The monoisotopic (exact) mass is 665 g/mol. The lowest BCUT2D eigenvalue weighted by atomic mass is 9.99. The summed E-state index contributed by atoms with van der Waals surface area (Å²) < 4.78 is 39.9. The van der Waals surface area contributed by atoms with Crippen molar-refractivity contribution in [2.45, 2.75) is 38.7 Å². The Hall–Kier alpha value is -3.52. The number of nitrogens with one attached hydrogen (secondary N) is 1. The number of carbonyl (C=O) groups excluding carboxylic acids is 3. The molecule has 2 aromatic rings. The molecule has 1 N–H and O–H groups in total. The van der Waals surface area contributed by atoms with E-state index in [1.165, 1.54) is 13.8 Å². The number of fused-ring (bicyclic) bond motifs is 1. The fourth-order valence-corrected chi connectivity index (χ4v) is 5.19. The predicted molar refractivity (Wildman–Crippen MR) is 164 cm³/mol. The third-order valence-electron chi connectivity index (χ3n) is 7.13. The summed E-state index contributed by atoms with van der Waals surface area (Å²) in [5.74, 6) is 1.79. The minimum absolute atomic E-state index is 0.0215. The molecule has 0 aromatic carbocycles. The molecular weight excluding hydrogens is 626 g/mol. The molecule has 15 nitrogen and oxygen atoms in total. The number of rotatable bonds is 19. The first kappa shape index (κ1) is 35.3. The molecule has 1 amide bonds. The normalized spacial score (nSPS) is 19.5. The van der Waals surface area contributed by atoms with Crippen molar-refractivity contribution in [2.75, 3.05) is 84.0 Å². The van der Waals surface area contributed by atoms with Crippen LogP contribution in [-0.4, -0.2) is 124 Å². The molecule has 0 radical (unpaired) electrons. The summed E-state index contributed by atoms with van der Waals surface area (Å²) in [5, 5.41) is 3.62. The number of aromatic nitrogens is 3. The number of anilines is 1. The molecule has 2 aliphatic rings. The first-order chi connectivity index (χ1) is 22.3.